The lowest BCUT2D eigenvalue weighted by atomic mass is 10.5. The van der Waals surface area contributed by atoms with E-state index in [2.05, 4.69) is 9.98 Å². The highest BCUT2D eigenvalue weighted by Crippen LogP contribution is 2.15. The molecule has 13 heavy (non-hydrogen) atoms. The molecule has 0 aliphatic carbocycles. The monoisotopic (exact) mass is 200 g/mol. The first-order valence-electron chi connectivity index (χ1n) is 3.86. The van der Waals surface area contributed by atoms with Crippen molar-refractivity contribution in [3.8, 4) is 0 Å². The van der Waals surface area contributed by atoms with Crippen molar-refractivity contribution in [3.05, 3.63) is 12.5 Å². The third kappa shape index (κ3) is 4.41. The van der Waals surface area contributed by atoms with Gasteiger partial charge in [0, 0.05) is 12.3 Å². The molecule has 0 saturated heterocycles. The van der Waals surface area contributed by atoms with Crippen molar-refractivity contribution in [1.82, 2.24) is 4.98 Å². The smallest absolute Gasteiger partial charge is 0.255 e. The first kappa shape index (κ1) is 9.91. The predicted molar refractivity (Wildman–Crippen MR) is 52.5 cm³/mol. The van der Waals surface area contributed by atoms with E-state index in [9.17, 15) is 0 Å². The molecule has 0 aromatic carbocycles. The number of nitrogens with two attached hydrogens (primary N) is 2. The van der Waals surface area contributed by atoms with Crippen molar-refractivity contribution in [1.29, 1.82) is 0 Å². The topological polar surface area (TPSA) is 90.4 Å². The molecule has 0 amide bonds. The summed E-state index contributed by atoms with van der Waals surface area (Å²) in [6.45, 7) is 0.649. The van der Waals surface area contributed by atoms with Gasteiger partial charge in [-0.2, -0.15) is 0 Å². The van der Waals surface area contributed by atoms with Gasteiger partial charge in [0.15, 0.2) is 5.96 Å². The van der Waals surface area contributed by atoms with E-state index in [-0.39, 0.29) is 5.96 Å². The first-order chi connectivity index (χ1) is 6.29. The zero-order chi connectivity index (χ0) is 9.52. The van der Waals surface area contributed by atoms with E-state index < -0.39 is 0 Å². The Kier molecular flexibility index (Phi) is 4.17. The molecule has 0 unspecified atom stereocenters. The quantitative estimate of drug-likeness (QED) is 0.311. The van der Waals surface area contributed by atoms with Gasteiger partial charge in [0.05, 0.1) is 6.20 Å². The van der Waals surface area contributed by atoms with Gasteiger partial charge in [-0.1, -0.05) is 11.8 Å². The molecule has 1 aromatic rings. The molecule has 72 valence electrons. The van der Waals surface area contributed by atoms with E-state index in [0.29, 0.717) is 11.8 Å². The van der Waals surface area contributed by atoms with Crippen LogP contribution in [0.2, 0.25) is 0 Å². The average molecular weight is 200 g/mol. The molecule has 0 spiro atoms. The van der Waals surface area contributed by atoms with Crippen LogP contribution in [-0.2, 0) is 0 Å². The Morgan fingerprint density at radius 1 is 1.62 bits per heavy atom. The zero-order valence-electron chi connectivity index (χ0n) is 7.14. The van der Waals surface area contributed by atoms with Crippen LogP contribution in [0.15, 0.2) is 27.1 Å². The highest BCUT2D eigenvalue weighted by atomic mass is 32.2. The van der Waals surface area contributed by atoms with Crippen molar-refractivity contribution in [2.24, 2.45) is 16.5 Å². The Morgan fingerprint density at radius 2 is 2.46 bits per heavy atom. The Balaban J connectivity index is 2.05. The molecular formula is C7H12N4OS. The second-order valence-electron chi connectivity index (χ2n) is 2.31. The van der Waals surface area contributed by atoms with Gasteiger partial charge in [-0.3, -0.25) is 4.99 Å². The number of aromatic nitrogens is 1. The van der Waals surface area contributed by atoms with Crippen LogP contribution in [0.4, 0.5) is 0 Å². The van der Waals surface area contributed by atoms with E-state index in [1.54, 1.807) is 24.2 Å². The largest absolute Gasteiger partial charge is 0.440 e. The Hall–Kier alpha value is -1.17. The van der Waals surface area contributed by atoms with Gasteiger partial charge < -0.3 is 15.9 Å². The van der Waals surface area contributed by atoms with Crippen molar-refractivity contribution in [2.75, 3.05) is 12.3 Å². The number of guanidine groups is 1. The normalized spacial score (nSPS) is 9.85. The Morgan fingerprint density at radius 3 is 3.08 bits per heavy atom. The molecule has 0 atom stereocenters. The molecule has 0 radical (unpaired) electrons. The highest BCUT2D eigenvalue weighted by Gasteiger charge is 1.96. The van der Waals surface area contributed by atoms with Gasteiger partial charge in [0.25, 0.3) is 5.22 Å². The Bertz CT molecular complexity index is 255. The van der Waals surface area contributed by atoms with E-state index in [1.807, 2.05) is 0 Å². The van der Waals surface area contributed by atoms with E-state index in [0.717, 1.165) is 12.2 Å². The number of hydrogen-bond acceptors (Lipinski definition) is 4. The third-order valence-electron chi connectivity index (χ3n) is 1.23. The maximum atomic E-state index is 5.16. The predicted octanol–water partition coefficient (Wildman–Crippen LogP) is 0.430. The van der Waals surface area contributed by atoms with Crippen molar-refractivity contribution < 1.29 is 4.42 Å². The van der Waals surface area contributed by atoms with Crippen LogP contribution < -0.4 is 11.5 Å². The first-order valence-corrected chi connectivity index (χ1v) is 4.85. The van der Waals surface area contributed by atoms with Gasteiger partial charge in [-0.05, 0) is 6.42 Å². The van der Waals surface area contributed by atoms with Gasteiger partial charge >= 0.3 is 0 Å². The van der Waals surface area contributed by atoms with E-state index in [1.165, 1.54) is 0 Å². The maximum absolute atomic E-state index is 5.16. The van der Waals surface area contributed by atoms with Crippen LogP contribution in [0.1, 0.15) is 6.42 Å². The third-order valence-corrected chi connectivity index (χ3v) is 2.17. The van der Waals surface area contributed by atoms with Crippen LogP contribution in [0.5, 0.6) is 0 Å². The summed E-state index contributed by atoms with van der Waals surface area (Å²) in [5.74, 6) is 1.04. The summed E-state index contributed by atoms with van der Waals surface area (Å²) >= 11 is 1.55. The van der Waals surface area contributed by atoms with E-state index in [4.69, 9.17) is 15.9 Å². The summed E-state index contributed by atoms with van der Waals surface area (Å²) in [5.41, 5.74) is 10.3. The number of nitrogens with zero attached hydrogens (tertiary/aromatic N) is 2. The Labute approximate surface area is 80.6 Å². The van der Waals surface area contributed by atoms with Crippen LogP contribution in [0.3, 0.4) is 0 Å². The zero-order valence-corrected chi connectivity index (χ0v) is 7.96. The number of aliphatic imine (C=N–C) groups is 1. The fourth-order valence-corrected chi connectivity index (χ4v) is 1.42. The lowest BCUT2D eigenvalue weighted by Crippen LogP contribution is -2.23. The molecule has 5 nitrogen and oxygen atoms in total. The van der Waals surface area contributed by atoms with Gasteiger partial charge in [-0.15, -0.1) is 0 Å². The van der Waals surface area contributed by atoms with E-state index >= 15 is 0 Å². The van der Waals surface area contributed by atoms with Gasteiger partial charge in [0.1, 0.15) is 6.26 Å². The second-order valence-corrected chi connectivity index (χ2v) is 3.35. The molecule has 0 aliphatic heterocycles. The minimum absolute atomic E-state index is 0.140. The molecule has 0 aliphatic rings. The lowest BCUT2D eigenvalue weighted by Gasteiger charge is -1.94. The van der Waals surface area contributed by atoms with Crippen molar-refractivity contribution in [2.45, 2.75) is 11.6 Å². The molecule has 0 bridgehead atoms. The minimum atomic E-state index is 0.140. The molecule has 6 heteroatoms. The summed E-state index contributed by atoms with van der Waals surface area (Å²) in [4.78, 5) is 7.81. The number of thioether (sulfide) groups is 1. The molecule has 1 aromatic heterocycles. The molecule has 0 saturated carbocycles. The van der Waals surface area contributed by atoms with Gasteiger partial charge in [-0.25, -0.2) is 4.98 Å². The second kappa shape index (κ2) is 5.47. The summed E-state index contributed by atoms with van der Waals surface area (Å²) in [6.07, 6.45) is 4.08. The van der Waals surface area contributed by atoms with Crippen molar-refractivity contribution >= 4 is 17.7 Å². The van der Waals surface area contributed by atoms with Crippen LogP contribution in [0.25, 0.3) is 0 Å². The van der Waals surface area contributed by atoms with Crippen molar-refractivity contribution in [3.63, 3.8) is 0 Å². The van der Waals surface area contributed by atoms with Crippen LogP contribution >= 0.6 is 11.8 Å². The van der Waals surface area contributed by atoms with Gasteiger partial charge in [0.2, 0.25) is 0 Å². The summed E-state index contributed by atoms with van der Waals surface area (Å²) < 4.78 is 5.03. The SMILES string of the molecule is NC(N)=NCCCSc1ncco1. The van der Waals surface area contributed by atoms with Crippen LogP contribution in [0, 0.1) is 0 Å². The molecule has 1 rings (SSSR count). The number of hydrogen-bond donors (Lipinski definition) is 2. The lowest BCUT2D eigenvalue weighted by molar-refractivity contribution is 0.454. The summed E-state index contributed by atoms with van der Waals surface area (Å²) in [6, 6.07) is 0. The standard InChI is InChI=1S/C7H12N4OS/c8-6(9)10-2-1-5-13-7-11-3-4-12-7/h3-4H,1-2,5H2,(H4,8,9,10). The molecule has 1 heterocycles. The summed E-state index contributed by atoms with van der Waals surface area (Å²) in [5, 5.41) is 0.685. The molecular weight excluding hydrogens is 188 g/mol. The molecule has 4 N–H and O–H groups in total. The fraction of sp³-hybridized carbons (Fsp3) is 0.429. The number of rotatable bonds is 5. The minimum Gasteiger partial charge on any atom is -0.440 e. The average Bonchev–Trinajstić information content (AvgIpc) is 2.55. The fourth-order valence-electron chi connectivity index (χ4n) is 0.714. The van der Waals surface area contributed by atoms with Crippen LogP contribution in [-0.4, -0.2) is 23.2 Å². The molecule has 0 fully saturated rings. The maximum Gasteiger partial charge on any atom is 0.255 e. The summed E-state index contributed by atoms with van der Waals surface area (Å²) in [7, 11) is 0. The highest BCUT2D eigenvalue weighted by molar-refractivity contribution is 7.99. The number of oxazole rings is 1.